The van der Waals surface area contributed by atoms with Crippen molar-refractivity contribution in [1.82, 2.24) is 9.55 Å². The summed E-state index contributed by atoms with van der Waals surface area (Å²) in [6.07, 6.45) is 3.36. The lowest BCUT2D eigenvalue weighted by atomic mass is 10.6. The molecule has 1 aromatic heterocycles. The van der Waals surface area contributed by atoms with Gasteiger partial charge in [-0.15, -0.1) is 0 Å². The molecule has 0 radical (unpaired) electrons. The molecule has 0 atom stereocenters. The fourth-order valence-electron chi connectivity index (χ4n) is 0.888. The molecule has 0 fully saturated rings. The van der Waals surface area contributed by atoms with Gasteiger partial charge in [0.05, 0.1) is 0 Å². The van der Waals surface area contributed by atoms with Gasteiger partial charge in [-0.25, -0.2) is 4.98 Å². The molecular formula is C7H7F3N2OS. The lowest BCUT2D eigenvalue weighted by molar-refractivity contribution is -0.0328. The van der Waals surface area contributed by atoms with Gasteiger partial charge in [0.2, 0.25) is 0 Å². The van der Waals surface area contributed by atoms with E-state index in [0.717, 1.165) is 0 Å². The molecule has 0 amide bonds. The highest BCUT2D eigenvalue weighted by atomic mass is 32.2. The lowest BCUT2D eigenvalue weighted by Gasteiger charge is -2.06. The van der Waals surface area contributed by atoms with Crippen LogP contribution in [-0.4, -0.2) is 27.1 Å². The topological polar surface area (TPSA) is 34.9 Å². The molecule has 1 aromatic rings. The van der Waals surface area contributed by atoms with Gasteiger partial charge in [-0.3, -0.25) is 4.79 Å². The van der Waals surface area contributed by atoms with Crippen molar-refractivity contribution in [2.45, 2.75) is 12.1 Å². The fraction of sp³-hybridized carbons (Fsp3) is 0.429. The highest BCUT2D eigenvalue weighted by molar-refractivity contribution is 8.00. The predicted octanol–water partition coefficient (Wildman–Crippen LogP) is 1.95. The zero-order valence-corrected chi connectivity index (χ0v) is 7.81. The number of alkyl halides is 3. The second-order valence-electron chi connectivity index (χ2n) is 2.39. The first-order valence-corrected chi connectivity index (χ1v) is 4.68. The van der Waals surface area contributed by atoms with E-state index in [1.807, 2.05) is 0 Å². The summed E-state index contributed by atoms with van der Waals surface area (Å²) in [6.45, 7) is 0.123. The van der Waals surface area contributed by atoms with Crippen molar-refractivity contribution in [1.29, 1.82) is 0 Å². The predicted molar refractivity (Wildman–Crippen MR) is 46.1 cm³/mol. The summed E-state index contributed by atoms with van der Waals surface area (Å²) in [7, 11) is 0. The van der Waals surface area contributed by atoms with Gasteiger partial charge < -0.3 is 4.57 Å². The van der Waals surface area contributed by atoms with E-state index in [0.29, 0.717) is 6.29 Å². The van der Waals surface area contributed by atoms with Crippen molar-refractivity contribution in [2.75, 3.05) is 5.75 Å². The number of carbonyl (C=O) groups excluding carboxylic acids is 1. The van der Waals surface area contributed by atoms with Crippen LogP contribution in [0.25, 0.3) is 0 Å². The van der Waals surface area contributed by atoms with Crippen LogP contribution in [0.15, 0.2) is 12.4 Å². The molecule has 7 heteroatoms. The van der Waals surface area contributed by atoms with E-state index in [2.05, 4.69) is 4.98 Å². The number of hydrogen-bond donors (Lipinski definition) is 0. The Hall–Kier alpha value is -0.980. The van der Waals surface area contributed by atoms with E-state index in [-0.39, 0.29) is 29.9 Å². The second kappa shape index (κ2) is 4.50. The Balaban J connectivity index is 2.42. The Kier molecular flexibility index (Phi) is 3.56. The summed E-state index contributed by atoms with van der Waals surface area (Å²) in [5.41, 5.74) is -4.22. The minimum atomic E-state index is -4.22. The molecule has 0 unspecified atom stereocenters. The Labute approximate surface area is 82.3 Å². The fourth-order valence-corrected chi connectivity index (χ4v) is 1.41. The molecule has 0 N–H and O–H groups in total. The number of hydrogen-bond acceptors (Lipinski definition) is 3. The van der Waals surface area contributed by atoms with Crippen molar-refractivity contribution in [2.24, 2.45) is 0 Å². The third kappa shape index (κ3) is 3.41. The van der Waals surface area contributed by atoms with Crippen molar-refractivity contribution >= 4 is 18.0 Å². The summed E-state index contributed by atoms with van der Waals surface area (Å²) >= 11 is -0.114. The molecular weight excluding hydrogens is 217 g/mol. The third-order valence-corrected chi connectivity index (χ3v) is 2.17. The maximum atomic E-state index is 11.7. The van der Waals surface area contributed by atoms with E-state index >= 15 is 0 Å². The summed E-state index contributed by atoms with van der Waals surface area (Å²) < 4.78 is 36.6. The van der Waals surface area contributed by atoms with Gasteiger partial charge in [-0.05, 0) is 11.8 Å². The molecule has 0 aliphatic rings. The summed E-state index contributed by atoms with van der Waals surface area (Å²) in [4.78, 5) is 14.0. The maximum Gasteiger partial charge on any atom is 0.441 e. The van der Waals surface area contributed by atoms with Crippen LogP contribution < -0.4 is 0 Å². The number of aryl methyl sites for hydroxylation is 1. The largest absolute Gasteiger partial charge is 0.441 e. The molecule has 0 aromatic carbocycles. The minimum Gasteiger partial charge on any atom is -0.328 e. The normalized spacial score (nSPS) is 11.6. The zero-order chi connectivity index (χ0) is 10.6. The SMILES string of the molecule is O=Cc1nccn1CCSC(F)(F)F. The van der Waals surface area contributed by atoms with E-state index in [1.165, 1.54) is 17.0 Å². The van der Waals surface area contributed by atoms with Crippen LogP contribution in [-0.2, 0) is 6.54 Å². The van der Waals surface area contributed by atoms with Gasteiger partial charge >= 0.3 is 5.51 Å². The highest BCUT2D eigenvalue weighted by Crippen LogP contribution is 2.29. The van der Waals surface area contributed by atoms with E-state index < -0.39 is 5.51 Å². The Morgan fingerprint density at radius 1 is 1.57 bits per heavy atom. The number of thioether (sulfide) groups is 1. The van der Waals surface area contributed by atoms with Gasteiger partial charge in [-0.1, -0.05) is 0 Å². The van der Waals surface area contributed by atoms with Gasteiger partial charge in [0.1, 0.15) is 0 Å². The molecule has 0 bridgehead atoms. The summed E-state index contributed by atoms with van der Waals surface area (Å²) in [5, 5.41) is 0. The number of halogens is 3. The Morgan fingerprint density at radius 2 is 2.29 bits per heavy atom. The number of imidazole rings is 1. The Bertz CT molecular complexity index is 310. The average Bonchev–Trinajstić information content (AvgIpc) is 2.49. The highest BCUT2D eigenvalue weighted by Gasteiger charge is 2.27. The zero-order valence-electron chi connectivity index (χ0n) is 6.99. The minimum absolute atomic E-state index is 0.114. The van der Waals surface area contributed by atoms with Gasteiger partial charge in [0, 0.05) is 24.7 Å². The second-order valence-corrected chi connectivity index (χ2v) is 3.55. The number of carbonyl (C=O) groups is 1. The maximum absolute atomic E-state index is 11.7. The third-order valence-electron chi connectivity index (χ3n) is 1.45. The lowest BCUT2D eigenvalue weighted by Crippen LogP contribution is -2.08. The number of aromatic nitrogens is 2. The van der Waals surface area contributed by atoms with Crippen LogP contribution in [0.5, 0.6) is 0 Å². The molecule has 0 saturated heterocycles. The van der Waals surface area contributed by atoms with Gasteiger partial charge in [0.25, 0.3) is 0 Å². The molecule has 1 heterocycles. The first-order valence-electron chi connectivity index (χ1n) is 3.70. The van der Waals surface area contributed by atoms with E-state index in [1.54, 1.807) is 0 Å². The number of rotatable bonds is 4. The van der Waals surface area contributed by atoms with Crippen LogP contribution >= 0.6 is 11.8 Å². The van der Waals surface area contributed by atoms with E-state index in [4.69, 9.17) is 0 Å². The van der Waals surface area contributed by atoms with Gasteiger partial charge in [0.15, 0.2) is 12.1 Å². The molecule has 0 spiro atoms. The first kappa shape index (κ1) is 11.1. The Morgan fingerprint density at radius 3 is 2.86 bits per heavy atom. The smallest absolute Gasteiger partial charge is 0.328 e. The van der Waals surface area contributed by atoms with E-state index in [9.17, 15) is 18.0 Å². The summed E-state index contributed by atoms with van der Waals surface area (Å²) in [6, 6.07) is 0. The molecule has 0 aliphatic carbocycles. The van der Waals surface area contributed by atoms with Crippen LogP contribution in [0.2, 0.25) is 0 Å². The van der Waals surface area contributed by atoms with Gasteiger partial charge in [-0.2, -0.15) is 13.2 Å². The quantitative estimate of drug-likeness (QED) is 0.733. The molecule has 1 rings (SSSR count). The molecule has 14 heavy (non-hydrogen) atoms. The van der Waals surface area contributed by atoms with Crippen LogP contribution in [0.1, 0.15) is 10.6 Å². The monoisotopic (exact) mass is 224 g/mol. The standard InChI is InChI=1S/C7H7F3N2OS/c8-7(9,10)14-4-3-12-2-1-11-6(12)5-13/h1-2,5H,3-4H2. The van der Waals surface area contributed by atoms with Crippen LogP contribution in [0.3, 0.4) is 0 Å². The van der Waals surface area contributed by atoms with Crippen LogP contribution in [0, 0.1) is 0 Å². The molecule has 0 aliphatic heterocycles. The van der Waals surface area contributed by atoms with Crippen molar-refractivity contribution in [3.05, 3.63) is 18.2 Å². The molecule has 3 nitrogen and oxygen atoms in total. The van der Waals surface area contributed by atoms with Crippen molar-refractivity contribution in [3.8, 4) is 0 Å². The van der Waals surface area contributed by atoms with Crippen molar-refractivity contribution < 1.29 is 18.0 Å². The molecule has 78 valence electrons. The summed E-state index contributed by atoms with van der Waals surface area (Å²) in [5.74, 6) is 0.0218. The average molecular weight is 224 g/mol. The molecule has 0 saturated carbocycles. The number of aldehydes is 1. The van der Waals surface area contributed by atoms with Crippen LogP contribution in [0.4, 0.5) is 13.2 Å². The first-order chi connectivity index (χ1) is 6.53. The number of nitrogens with zero attached hydrogens (tertiary/aromatic N) is 2. The van der Waals surface area contributed by atoms with Crippen molar-refractivity contribution in [3.63, 3.8) is 0 Å².